The van der Waals surface area contributed by atoms with Gasteiger partial charge in [-0.15, -0.1) is 4.72 Å². The largest absolute Gasteiger partial charge is 0.598 e. The van der Waals surface area contributed by atoms with Crippen molar-refractivity contribution >= 4 is 23.0 Å². The lowest BCUT2D eigenvalue weighted by atomic mass is 9.77. The van der Waals surface area contributed by atoms with Gasteiger partial charge in [0.15, 0.2) is 0 Å². The Hall–Kier alpha value is -0.400. The zero-order valence-electron chi connectivity index (χ0n) is 13.7. The first-order valence-electron chi connectivity index (χ1n) is 7.78. The molecule has 2 atom stereocenters. The fourth-order valence-corrected chi connectivity index (χ4v) is 3.74. The SMILES string of the molecule is CC(C)(C)[S+]([O-])N[C@@H](c1ccc(Cl)nc1)[C@]1(O)CC[C@H](F)CC1. The average molecular weight is 363 g/mol. The Morgan fingerprint density at radius 3 is 2.52 bits per heavy atom. The molecule has 0 aliphatic heterocycles. The van der Waals surface area contributed by atoms with E-state index in [0.717, 1.165) is 0 Å². The number of pyridine rings is 1. The van der Waals surface area contributed by atoms with Gasteiger partial charge in [0.1, 0.15) is 22.1 Å². The molecule has 1 heterocycles. The summed E-state index contributed by atoms with van der Waals surface area (Å²) in [6, 6.07) is 2.81. The van der Waals surface area contributed by atoms with E-state index >= 15 is 0 Å². The van der Waals surface area contributed by atoms with Gasteiger partial charge in [-0.05, 0) is 58.1 Å². The van der Waals surface area contributed by atoms with Crippen LogP contribution in [0, 0.1) is 0 Å². The Morgan fingerprint density at radius 1 is 1.43 bits per heavy atom. The molecule has 1 aliphatic rings. The summed E-state index contributed by atoms with van der Waals surface area (Å²) in [5.74, 6) is 0. The summed E-state index contributed by atoms with van der Waals surface area (Å²) < 4.78 is 28.6. The third kappa shape index (κ3) is 4.79. The topological polar surface area (TPSA) is 68.2 Å². The zero-order valence-corrected chi connectivity index (χ0v) is 15.3. The molecule has 1 aliphatic carbocycles. The van der Waals surface area contributed by atoms with Crippen molar-refractivity contribution in [3.63, 3.8) is 0 Å². The van der Waals surface area contributed by atoms with E-state index < -0.39 is 33.9 Å². The lowest BCUT2D eigenvalue weighted by molar-refractivity contribution is -0.0409. The van der Waals surface area contributed by atoms with E-state index in [0.29, 0.717) is 36.4 Å². The Kier molecular flexibility index (Phi) is 5.95. The number of nitrogens with zero attached hydrogens (tertiary/aromatic N) is 1. The lowest BCUT2D eigenvalue weighted by Crippen LogP contribution is -2.51. The van der Waals surface area contributed by atoms with Crippen molar-refractivity contribution in [3.8, 4) is 0 Å². The molecule has 7 heteroatoms. The summed E-state index contributed by atoms with van der Waals surface area (Å²) in [5.41, 5.74) is -0.453. The highest BCUT2D eigenvalue weighted by Gasteiger charge is 2.45. The van der Waals surface area contributed by atoms with Gasteiger partial charge in [0.2, 0.25) is 0 Å². The second-order valence-electron chi connectivity index (χ2n) is 7.12. The molecule has 0 radical (unpaired) electrons. The maximum absolute atomic E-state index is 13.5. The first kappa shape index (κ1) is 18.9. The van der Waals surface area contributed by atoms with E-state index in [2.05, 4.69) is 9.71 Å². The van der Waals surface area contributed by atoms with Crippen LogP contribution < -0.4 is 4.72 Å². The van der Waals surface area contributed by atoms with E-state index in [1.54, 1.807) is 18.3 Å². The van der Waals surface area contributed by atoms with Crippen LogP contribution in [0.15, 0.2) is 18.3 Å². The Bertz CT molecular complexity index is 516. The third-order valence-corrected chi connectivity index (χ3v) is 5.97. The van der Waals surface area contributed by atoms with Crippen molar-refractivity contribution in [3.05, 3.63) is 29.0 Å². The molecule has 1 fully saturated rings. The molecule has 4 nitrogen and oxygen atoms in total. The molecular formula is C16H24ClFN2O2S. The number of nitrogens with one attached hydrogen (secondary N) is 1. The average Bonchev–Trinajstić information content (AvgIpc) is 2.48. The molecule has 1 aromatic heterocycles. The molecule has 0 bridgehead atoms. The summed E-state index contributed by atoms with van der Waals surface area (Å²) in [5, 5.41) is 11.4. The molecule has 1 saturated carbocycles. The van der Waals surface area contributed by atoms with Crippen LogP contribution in [0.5, 0.6) is 0 Å². The molecule has 2 rings (SSSR count). The molecule has 130 valence electrons. The lowest BCUT2D eigenvalue weighted by Gasteiger charge is -2.41. The smallest absolute Gasteiger partial charge is 0.136 e. The molecule has 0 amide bonds. The van der Waals surface area contributed by atoms with Gasteiger partial charge < -0.3 is 9.66 Å². The highest BCUT2D eigenvalue weighted by atomic mass is 35.5. The van der Waals surface area contributed by atoms with Gasteiger partial charge in [0.25, 0.3) is 0 Å². The fraction of sp³-hybridized carbons (Fsp3) is 0.688. The predicted octanol–water partition coefficient (Wildman–Crippen LogP) is 3.47. The highest BCUT2D eigenvalue weighted by molar-refractivity contribution is 7.90. The minimum Gasteiger partial charge on any atom is -0.598 e. The van der Waals surface area contributed by atoms with Crippen LogP contribution in [0.2, 0.25) is 5.15 Å². The number of halogens is 2. The minimum atomic E-state index is -1.37. The van der Waals surface area contributed by atoms with Crippen LogP contribution in [0.3, 0.4) is 0 Å². The van der Waals surface area contributed by atoms with Crippen LogP contribution in [0.25, 0.3) is 0 Å². The van der Waals surface area contributed by atoms with Gasteiger partial charge in [0.05, 0.1) is 5.60 Å². The summed E-state index contributed by atoms with van der Waals surface area (Å²) in [4.78, 5) is 4.05. The summed E-state index contributed by atoms with van der Waals surface area (Å²) in [6.45, 7) is 5.57. The van der Waals surface area contributed by atoms with Crippen LogP contribution in [0.4, 0.5) is 4.39 Å². The Labute approximate surface area is 145 Å². The highest BCUT2D eigenvalue weighted by Crippen LogP contribution is 2.40. The zero-order chi connectivity index (χ0) is 17.3. The van der Waals surface area contributed by atoms with Crippen LogP contribution in [0.1, 0.15) is 58.1 Å². The Morgan fingerprint density at radius 2 is 2.04 bits per heavy atom. The number of aliphatic hydroxyl groups is 1. The maximum atomic E-state index is 13.5. The molecule has 0 saturated heterocycles. The van der Waals surface area contributed by atoms with E-state index in [-0.39, 0.29) is 0 Å². The molecular weight excluding hydrogens is 339 g/mol. The minimum absolute atomic E-state index is 0.303. The molecule has 0 aromatic carbocycles. The molecule has 1 aromatic rings. The quantitative estimate of drug-likeness (QED) is 0.635. The van der Waals surface area contributed by atoms with Crippen LogP contribution >= 0.6 is 11.6 Å². The summed E-state index contributed by atoms with van der Waals surface area (Å²) >= 11 is 4.46. The molecule has 0 spiro atoms. The van der Waals surface area contributed by atoms with Gasteiger partial charge in [-0.1, -0.05) is 17.7 Å². The standard InChI is InChI=1S/C16H24ClFN2O2S/c1-15(2,3)23(22)20-14(11-4-5-13(17)19-10-11)16(21)8-6-12(18)7-9-16/h4-5,10,12,14,20-21H,6-9H2,1-3H3/t12-,14-,16-,23?/m0/s1. The summed E-state index contributed by atoms with van der Waals surface area (Å²) in [7, 11) is 0. The van der Waals surface area contributed by atoms with Crippen LogP contribution in [-0.4, -0.2) is 31.2 Å². The number of aromatic nitrogens is 1. The molecule has 23 heavy (non-hydrogen) atoms. The number of rotatable bonds is 4. The third-order valence-electron chi connectivity index (χ3n) is 4.18. The van der Waals surface area contributed by atoms with Gasteiger partial charge >= 0.3 is 0 Å². The van der Waals surface area contributed by atoms with Crippen molar-refractivity contribution in [2.45, 2.75) is 69.0 Å². The molecule has 2 N–H and O–H groups in total. The second-order valence-corrected chi connectivity index (χ2v) is 9.51. The maximum Gasteiger partial charge on any atom is 0.136 e. The van der Waals surface area contributed by atoms with Crippen LogP contribution in [-0.2, 0) is 11.4 Å². The predicted molar refractivity (Wildman–Crippen MR) is 91.3 cm³/mol. The van der Waals surface area contributed by atoms with E-state index in [9.17, 15) is 14.0 Å². The van der Waals surface area contributed by atoms with Crippen molar-refractivity contribution in [1.29, 1.82) is 0 Å². The first-order valence-corrected chi connectivity index (χ1v) is 9.30. The van der Waals surface area contributed by atoms with Crippen molar-refractivity contribution in [1.82, 2.24) is 9.71 Å². The Balaban J connectivity index is 2.29. The van der Waals surface area contributed by atoms with Crippen molar-refractivity contribution < 1.29 is 14.0 Å². The summed E-state index contributed by atoms with van der Waals surface area (Å²) in [6.07, 6.45) is 1.92. The van der Waals surface area contributed by atoms with Gasteiger partial charge in [-0.2, -0.15) is 0 Å². The first-order chi connectivity index (χ1) is 10.6. The van der Waals surface area contributed by atoms with Gasteiger partial charge in [-0.3, -0.25) is 0 Å². The number of hydrogen-bond acceptors (Lipinski definition) is 4. The van der Waals surface area contributed by atoms with E-state index in [1.807, 2.05) is 20.8 Å². The monoisotopic (exact) mass is 362 g/mol. The van der Waals surface area contributed by atoms with Gasteiger partial charge in [-0.25, -0.2) is 9.37 Å². The van der Waals surface area contributed by atoms with Crippen molar-refractivity contribution in [2.24, 2.45) is 0 Å². The second kappa shape index (κ2) is 7.23. The van der Waals surface area contributed by atoms with E-state index in [4.69, 9.17) is 11.6 Å². The number of hydrogen-bond donors (Lipinski definition) is 2. The fourth-order valence-electron chi connectivity index (χ4n) is 2.70. The molecule has 1 unspecified atom stereocenters. The number of alkyl halides is 1. The van der Waals surface area contributed by atoms with E-state index in [1.165, 1.54) is 0 Å². The van der Waals surface area contributed by atoms with Crippen molar-refractivity contribution in [2.75, 3.05) is 0 Å². The normalized spacial score (nSPS) is 28.4. The van der Waals surface area contributed by atoms with Gasteiger partial charge in [0, 0.05) is 17.6 Å².